The van der Waals surface area contributed by atoms with Crippen molar-refractivity contribution in [3.05, 3.63) is 29.8 Å². The molecule has 0 unspecified atom stereocenters. The summed E-state index contributed by atoms with van der Waals surface area (Å²) in [6.45, 7) is 0.645. The van der Waals surface area contributed by atoms with Gasteiger partial charge in [-0.25, -0.2) is 0 Å². The monoisotopic (exact) mass is 265 g/mol. The molecule has 3 nitrogen and oxygen atoms in total. The van der Waals surface area contributed by atoms with Gasteiger partial charge >= 0.3 is 0 Å². The summed E-state index contributed by atoms with van der Waals surface area (Å²) in [5.74, 6) is 1.20. The minimum absolute atomic E-state index is 0.125. The fourth-order valence-corrected chi connectivity index (χ4v) is 2.41. The SMILES string of the molecule is O=C(CC1(CS)CC1)NCCc1ccc(O)cc1. The number of phenolic OH excluding ortho intramolecular Hbond substituents is 1. The molecule has 1 amide bonds. The number of carbonyl (C=O) groups excluding carboxylic acids is 1. The normalized spacial score (nSPS) is 16.3. The average Bonchev–Trinajstić information content (AvgIpc) is 3.12. The summed E-state index contributed by atoms with van der Waals surface area (Å²) in [4.78, 5) is 11.7. The molecule has 0 saturated heterocycles. The van der Waals surface area contributed by atoms with Gasteiger partial charge in [0, 0.05) is 13.0 Å². The molecule has 1 fully saturated rings. The summed E-state index contributed by atoms with van der Waals surface area (Å²) < 4.78 is 0. The topological polar surface area (TPSA) is 49.3 Å². The van der Waals surface area contributed by atoms with Gasteiger partial charge in [-0.05, 0) is 48.1 Å². The number of phenols is 1. The van der Waals surface area contributed by atoms with Crippen molar-refractivity contribution in [2.24, 2.45) is 5.41 Å². The van der Waals surface area contributed by atoms with Crippen LogP contribution in [0.1, 0.15) is 24.8 Å². The Labute approximate surface area is 113 Å². The van der Waals surface area contributed by atoms with E-state index in [0.29, 0.717) is 13.0 Å². The van der Waals surface area contributed by atoms with Gasteiger partial charge in [-0.15, -0.1) is 0 Å². The molecule has 0 bridgehead atoms. The zero-order valence-electron chi connectivity index (χ0n) is 10.4. The minimum atomic E-state index is 0.125. The summed E-state index contributed by atoms with van der Waals surface area (Å²) in [5, 5.41) is 12.1. The highest BCUT2D eigenvalue weighted by atomic mass is 32.1. The van der Waals surface area contributed by atoms with Crippen LogP contribution in [0.15, 0.2) is 24.3 Å². The fraction of sp³-hybridized carbons (Fsp3) is 0.500. The van der Waals surface area contributed by atoms with E-state index >= 15 is 0 Å². The van der Waals surface area contributed by atoms with E-state index in [-0.39, 0.29) is 17.1 Å². The molecule has 1 aliphatic carbocycles. The van der Waals surface area contributed by atoms with Crippen LogP contribution >= 0.6 is 12.6 Å². The van der Waals surface area contributed by atoms with Crippen molar-refractivity contribution in [1.29, 1.82) is 0 Å². The summed E-state index contributed by atoms with van der Waals surface area (Å²) >= 11 is 4.29. The van der Waals surface area contributed by atoms with Crippen LogP contribution in [0.3, 0.4) is 0 Å². The molecular weight excluding hydrogens is 246 g/mol. The van der Waals surface area contributed by atoms with Gasteiger partial charge in [-0.1, -0.05) is 12.1 Å². The summed E-state index contributed by atoms with van der Waals surface area (Å²) in [7, 11) is 0. The minimum Gasteiger partial charge on any atom is -0.508 e. The Morgan fingerprint density at radius 1 is 1.33 bits per heavy atom. The van der Waals surface area contributed by atoms with Crippen molar-refractivity contribution in [2.75, 3.05) is 12.3 Å². The Bertz CT molecular complexity index is 412. The van der Waals surface area contributed by atoms with Crippen LogP contribution in [0.4, 0.5) is 0 Å². The van der Waals surface area contributed by atoms with E-state index in [0.717, 1.165) is 30.6 Å². The zero-order valence-corrected chi connectivity index (χ0v) is 11.2. The lowest BCUT2D eigenvalue weighted by molar-refractivity contribution is -0.122. The molecule has 2 rings (SSSR count). The lowest BCUT2D eigenvalue weighted by atomic mass is 10.1. The predicted octanol–water partition coefficient (Wildman–Crippen LogP) is 2.15. The summed E-state index contributed by atoms with van der Waals surface area (Å²) in [6, 6.07) is 7.07. The molecule has 0 heterocycles. The third-order valence-electron chi connectivity index (χ3n) is 3.50. The van der Waals surface area contributed by atoms with E-state index in [1.165, 1.54) is 0 Å². The van der Waals surface area contributed by atoms with Crippen LogP contribution in [-0.4, -0.2) is 23.3 Å². The largest absolute Gasteiger partial charge is 0.508 e. The quantitative estimate of drug-likeness (QED) is 0.690. The van der Waals surface area contributed by atoms with E-state index in [9.17, 15) is 4.79 Å². The lowest BCUT2D eigenvalue weighted by Crippen LogP contribution is -2.28. The lowest BCUT2D eigenvalue weighted by Gasteiger charge is -2.11. The first kappa shape index (κ1) is 13.3. The van der Waals surface area contributed by atoms with Crippen LogP contribution in [0.5, 0.6) is 5.75 Å². The summed E-state index contributed by atoms with van der Waals surface area (Å²) in [5.41, 5.74) is 1.30. The number of aromatic hydroxyl groups is 1. The van der Waals surface area contributed by atoms with Gasteiger partial charge in [0.2, 0.25) is 5.91 Å². The number of hydrogen-bond donors (Lipinski definition) is 3. The third-order valence-corrected chi connectivity index (χ3v) is 4.17. The maximum absolute atomic E-state index is 11.7. The van der Waals surface area contributed by atoms with Gasteiger partial charge in [0.1, 0.15) is 5.75 Å². The molecule has 0 radical (unpaired) electrons. The van der Waals surface area contributed by atoms with Gasteiger partial charge in [0.05, 0.1) is 0 Å². The predicted molar refractivity (Wildman–Crippen MR) is 75.0 cm³/mol. The van der Waals surface area contributed by atoms with Crippen molar-refractivity contribution in [2.45, 2.75) is 25.7 Å². The molecule has 4 heteroatoms. The van der Waals surface area contributed by atoms with Crippen LogP contribution in [0, 0.1) is 5.41 Å². The maximum Gasteiger partial charge on any atom is 0.220 e. The second-order valence-electron chi connectivity index (χ2n) is 5.10. The van der Waals surface area contributed by atoms with Gasteiger partial charge in [-0.3, -0.25) is 4.79 Å². The van der Waals surface area contributed by atoms with Gasteiger partial charge in [0.15, 0.2) is 0 Å². The molecular formula is C14H19NO2S. The summed E-state index contributed by atoms with van der Waals surface area (Å²) in [6.07, 6.45) is 3.65. The van der Waals surface area contributed by atoms with Crippen molar-refractivity contribution in [1.82, 2.24) is 5.32 Å². The van der Waals surface area contributed by atoms with E-state index < -0.39 is 0 Å². The van der Waals surface area contributed by atoms with E-state index in [1.807, 2.05) is 12.1 Å². The van der Waals surface area contributed by atoms with E-state index in [4.69, 9.17) is 5.11 Å². The Hall–Kier alpha value is -1.16. The molecule has 1 aromatic rings. The number of hydrogen-bond acceptors (Lipinski definition) is 3. The smallest absolute Gasteiger partial charge is 0.220 e. The van der Waals surface area contributed by atoms with Gasteiger partial charge in [0.25, 0.3) is 0 Å². The second-order valence-corrected chi connectivity index (χ2v) is 5.42. The molecule has 0 atom stereocenters. The van der Waals surface area contributed by atoms with E-state index in [2.05, 4.69) is 17.9 Å². The molecule has 98 valence electrons. The third kappa shape index (κ3) is 3.67. The van der Waals surface area contributed by atoms with Crippen molar-refractivity contribution in [3.8, 4) is 5.75 Å². The van der Waals surface area contributed by atoms with Gasteiger partial charge in [-0.2, -0.15) is 12.6 Å². The first-order valence-corrected chi connectivity index (χ1v) is 6.92. The second kappa shape index (κ2) is 5.65. The number of carbonyl (C=O) groups is 1. The Kier molecular flexibility index (Phi) is 4.17. The van der Waals surface area contributed by atoms with Gasteiger partial charge < -0.3 is 10.4 Å². The molecule has 0 aliphatic heterocycles. The molecule has 1 saturated carbocycles. The number of nitrogens with one attached hydrogen (secondary N) is 1. The average molecular weight is 265 g/mol. The number of rotatable bonds is 6. The van der Waals surface area contributed by atoms with Crippen LogP contribution < -0.4 is 5.32 Å². The molecule has 2 N–H and O–H groups in total. The number of amides is 1. The highest BCUT2D eigenvalue weighted by Gasteiger charge is 2.42. The van der Waals surface area contributed by atoms with Crippen molar-refractivity contribution >= 4 is 18.5 Å². The standard InChI is InChI=1S/C14H19NO2S/c16-12-3-1-11(2-4-12)5-8-15-13(17)9-14(10-18)6-7-14/h1-4,16,18H,5-10H2,(H,15,17). The highest BCUT2D eigenvalue weighted by Crippen LogP contribution is 2.49. The Morgan fingerprint density at radius 3 is 2.56 bits per heavy atom. The first-order chi connectivity index (χ1) is 8.63. The molecule has 0 spiro atoms. The molecule has 1 aromatic carbocycles. The number of benzene rings is 1. The fourth-order valence-electron chi connectivity index (χ4n) is 1.98. The molecule has 18 heavy (non-hydrogen) atoms. The molecule has 0 aromatic heterocycles. The first-order valence-electron chi connectivity index (χ1n) is 6.29. The van der Waals surface area contributed by atoms with Crippen molar-refractivity contribution < 1.29 is 9.90 Å². The van der Waals surface area contributed by atoms with Crippen LogP contribution in [-0.2, 0) is 11.2 Å². The molecule has 1 aliphatic rings. The Balaban J connectivity index is 1.69. The zero-order chi connectivity index (χ0) is 13.0. The van der Waals surface area contributed by atoms with E-state index in [1.54, 1.807) is 12.1 Å². The Morgan fingerprint density at radius 2 is 2.00 bits per heavy atom. The number of thiol groups is 1. The van der Waals surface area contributed by atoms with Crippen LogP contribution in [0.25, 0.3) is 0 Å². The van der Waals surface area contributed by atoms with Crippen LogP contribution in [0.2, 0.25) is 0 Å². The van der Waals surface area contributed by atoms with Crippen molar-refractivity contribution in [3.63, 3.8) is 0 Å². The highest BCUT2D eigenvalue weighted by molar-refractivity contribution is 7.80. The maximum atomic E-state index is 11.7.